The van der Waals surface area contributed by atoms with Crippen molar-refractivity contribution in [1.29, 1.82) is 0 Å². The third-order valence-electron chi connectivity index (χ3n) is 5.81. The lowest BCUT2D eigenvalue weighted by atomic mass is 9.93. The maximum absolute atomic E-state index is 11.4. The van der Waals surface area contributed by atoms with Crippen LogP contribution >= 0.6 is 0 Å². The quantitative estimate of drug-likeness (QED) is 0.255. The van der Waals surface area contributed by atoms with Crippen molar-refractivity contribution < 1.29 is 14.4 Å². The van der Waals surface area contributed by atoms with Gasteiger partial charge in [-0.15, -0.1) is 0 Å². The van der Waals surface area contributed by atoms with E-state index in [9.17, 15) is 14.4 Å². The molecule has 186 valence electrons. The second-order valence-corrected chi connectivity index (χ2v) is 8.68. The molecule has 1 N–H and O–H groups in total. The van der Waals surface area contributed by atoms with Gasteiger partial charge in [-0.2, -0.15) is 0 Å². The minimum Gasteiger partial charge on any atom is -0.333 e. The Morgan fingerprint density at radius 1 is 1.06 bits per heavy atom. The second kappa shape index (κ2) is 20.4. The van der Waals surface area contributed by atoms with Gasteiger partial charge in [-0.3, -0.25) is 4.79 Å². The molecule has 1 aromatic rings. The van der Waals surface area contributed by atoms with Gasteiger partial charge in [0.2, 0.25) is 5.91 Å². The SMILES string of the molecule is CC.CCCC(C)CCC(=O)NC=C1CCC1.Cc1ccc(CCC=O)cc1CCCC=O. The zero-order chi connectivity index (χ0) is 24.9. The van der Waals surface area contributed by atoms with E-state index >= 15 is 0 Å². The van der Waals surface area contributed by atoms with Crippen molar-refractivity contribution >= 4 is 18.5 Å². The predicted octanol–water partition coefficient (Wildman–Crippen LogP) is 7.06. The standard InChI is InChI=1S/C14H18O2.C13H23NO.C2H6/c1-12-7-8-13(5-4-10-16)11-14(12)6-2-3-9-15;1-3-5-11(2)8-9-13(15)14-10-12-6-4-7-12;1-2/h7-11H,2-6H2,1H3;10-11H,3-9H2,1-2H3,(H,14,15);1-2H3. The van der Waals surface area contributed by atoms with E-state index in [-0.39, 0.29) is 5.91 Å². The van der Waals surface area contributed by atoms with Gasteiger partial charge in [0.1, 0.15) is 12.6 Å². The first kappa shape index (κ1) is 30.8. The normalized spacial score (nSPS) is 12.7. The Hall–Kier alpha value is -2.23. The van der Waals surface area contributed by atoms with Crippen molar-refractivity contribution in [2.45, 2.75) is 112 Å². The van der Waals surface area contributed by atoms with E-state index in [4.69, 9.17) is 0 Å². The van der Waals surface area contributed by atoms with Crippen LogP contribution in [-0.2, 0) is 27.2 Å². The number of aldehydes is 2. The fourth-order valence-electron chi connectivity index (χ4n) is 3.55. The molecule has 1 aliphatic carbocycles. The molecular formula is C29H47NO3. The van der Waals surface area contributed by atoms with E-state index in [1.54, 1.807) is 0 Å². The van der Waals surface area contributed by atoms with Crippen LogP contribution in [0.15, 0.2) is 30.0 Å². The molecule has 33 heavy (non-hydrogen) atoms. The molecule has 0 saturated heterocycles. The lowest BCUT2D eigenvalue weighted by Crippen LogP contribution is -2.19. The van der Waals surface area contributed by atoms with Crippen molar-refractivity contribution in [2.75, 3.05) is 0 Å². The molecule has 4 nitrogen and oxygen atoms in total. The second-order valence-electron chi connectivity index (χ2n) is 8.68. The van der Waals surface area contributed by atoms with Crippen LogP contribution in [0.5, 0.6) is 0 Å². The first-order valence-electron chi connectivity index (χ1n) is 12.9. The molecule has 1 fully saturated rings. The molecular weight excluding hydrogens is 410 g/mol. The summed E-state index contributed by atoms with van der Waals surface area (Å²) in [5.41, 5.74) is 5.16. The van der Waals surface area contributed by atoms with Crippen molar-refractivity contribution in [3.05, 3.63) is 46.7 Å². The highest BCUT2D eigenvalue weighted by molar-refractivity contribution is 5.76. The first-order chi connectivity index (χ1) is 16.0. The number of carbonyl (C=O) groups excluding carboxylic acids is 3. The third kappa shape index (κ3) is 15.3. The minimum atomic E-state index is 0.178. The van der Waals surface area contributed by atoms with E-state index in [1.807, 2.05) is 20.0 Å². The highest BCUT2D eigenvalue weighted by Crippen LogP contribution is 2.24. The number of amides is 1. The number of carbonyl (C=O) groups is 3. The first-order valence-corrected chi connectivity index (χ1v) is 12.9. The summed E-state index contributed by atoms with van der Waals surface area (Å²) in [5, 5.41) is 2.88. The maximum atomic E-state index is 11.4. The Morgan fingerprint density at radius 2 is 1.76 bits per heavy atom. The van der Waals surface area contributed by atoms with Crippen molar-refractivity contribution in [2.24, 2.45) is 5.92 Å². The van der Waals surface area contributed by atoms with Crippen LogP contribution in [-0.4, -0.2) is 18.5 Å². The van der Waals surface area contributed by atoms with Gasteiger partial charge in [0, 0.05) is 25.5 Å². The molecule has 2 rings (SSSR count). The van der Waals surface area contributed by atoms with Gasteiger partial charge in [0.15, 0.2) is 0 Å². The van der Waals surface area contributed by atoms with E-state index in [0.717, 1.165) is 38.3 Å². The molecule has 1 aromatic carbocycles. The number of hydrogen-bond donors (Lipinski definition) is 1. The van der Waals surface area contributed by atoms with Gasteiger partial charge >= 0.3 is 0 Å². The van der Waals surface area contributed by atoms with Gasteiger partial charge in [-0.25, -0.2) is 0 Å². The summed E-state index contributed by atoms with van der Waals surface area (Å²) in [4.78, 5) is 32.0. The van der Waals surface area contributed by atoms with Crippen LogP contribution < -0.4 is 5.32 Å². The van der Waals surface area contributed by atoms with Crippen molar-refractivity contribution in [3.63, 3.8) is 0 Å². The van der Waals surface area contributed by atoms with Gasteiger partial charge in [-0.05, 0) is 74.5 Å². The molecule has 0 heterocycles. The Morgan fingerprint density at radius 3 is 2.33 bits per heavy atom. The smallest absolute Gasteiger partial charge is 0.223 e. The third-order valence-corrected chi connectivity index (χ3v) is 5.81. The topological polar surface area (TPSA) is 63.2 Å². The van der Waals surface area contributed by atoms with Gasteiger partial charge in [-0.1, -0.05) is 64.3 Å². The number of rotatable bonds is 13. The zero-order valence-electron chi connectivity index (χ0n) is 21.8. The van der Waals surface area contributed by atoms with E-state index in [1.165, 1.54) is 54.4 Å². The zero-order valence-corrected chi connectivity index (χ0v) is 21.8. The van der Waals surface area contributed by atoms with E-state index in [2.05, 4.69) is 44.3 Å². The summed E-state index contributed by atoms with van der Waals surface area (Å²) in [7, 11) is 0. The fourth-order valence-corrected chi connectivity index (χ4v) is 3.55. The number of benzene rings is 1. The van der Waals surface area contributed by atoms with E-state index < -0.39 is 0 Å². The highest BCUT2D eigenvalue weighted by atomic mass is 16.1. The summed E-state index contributed by atoms with van der Waals surface area (Å²) in [5.74, 6) is 0.856. The number of hydrogen-bond acceptors (Lipinski definition) is 3. The maximum Gasteiger partial charge on any atom is 0.223 e. The van der Waals surface area contributed by atoms with Crippen LogP contribution in [0.3, 0.4) is 0 Å². The number of nitrogens with one attached hydrogen (secondary N) is 1. The van der Waals surface area contributed by atoms with E-state index in [0.29, 0.717) is 25.2 Å². The molecule has 0 radical (unpaired) electrons. The van der Waals surface area contributed by atoms with Gasteiger partial charge < -0.3 is 14.9 Å². The fraction of sp³-hybridized carbons (Fsp3) is 0.621. The summed E-state index contributed by atoms with van der Waals surface area (Å²) in [6, 6.07) is 6.32. The molecule has 1 saturated carbocycles. The molecule has 0 aromatic heterocycles. The average molecular weight is 458 g/mol. The van der Waals surface area contributed by atoms with Crippen LogP contribution in [0.1, 0.15) is 109 Å². The van der Waals surface area contributed by atoms with Crippen LogP contribution in [0.2, 0.25) is 0 Å². The predicted molar refractivity (Wildman–Crippen MR) is 139 cm³/mol. The molecule has 0 spiro atoms. The molecule has 1 unspecified atom stereocenters. The minimum absolute atomic E-state index is 0.178. The van der Waals surface area contributed by atoms with Crippen molar-refractivity contribution in [3.8, 4) is 0 Å². The summed E-state index contributed by atoms with van der Waals surface area (Å²) in [6.07, 6.45) is 15.5. The largest absolute Gasteiger partial charge is 0.333 e. The molecule has 0 bridgehead atoms. The molecule has 0 aliphatic heterocycles. The molecule has 1 aliphatic rings. The van der Waals surface area contributed by atoms with Gasteiger partial charge in [0.05, 0.1) is 0 Å². The average Bonchev–Trinajstić information content (AvgIpc) is 2.79. The number of allylic oxidation sites excluding steroid dienone is 1. The Labute approximate surface area is 202 Å². The summed E-state index contributed by atoms with van der Waals surface area (Å²) >= 11 is 0. The molecule has 4 heteroatoms. The summed E-state index contributed by atoms with van der Waals surface area (Å²) in [6.45, 7) is 10.5. The van der Waals surface area contributed by atoms with Crippen LogP contribution in [0.4, 0.5) is 0 Å². The Balaban J connectivity index is 0.000000578. The Bertz CT molecular complexity index is 703. The lowest BCUT2D eigenvalue weighted by molar-refractivity contribution is -0.120. The lowest BCUT2D eigenvalue weighted by Gasteiger charge is -2.16. The molecule has 1 amide bonds. The number of unbranched alkanes of at least 4 members (excludes halogenated alkanes) is 1. The number of aryl methyl sites for hydroxylation is 3. The van der Waals surface area contributed by atoms with Crippen LogP contribution in [0.25, 0.3) is 0 Å². The Kier molecular flexibility index (Phi) is 19.0. The van der Waals surface area contributed by atoms with Crippen molar-refractivity contribution in [1.82, 2.24) is 5.32 Å². The van der Waals surface area contributed by atoms with Crippen LogP contribution in [0, 0.1) is 12.8 Å². The monoisotopic (exact) mass is 457 g/mol. The van der Waals surface area contributed by atoms with Gasteiger partial charge in [0.25, 0.3) is 0 Å². The highest BCUT2D eigenvalue weighted by Gasteiger charge is 2.09. The molecule has 1 atom stereocenters. The summed E-state index contributed by atoms with van der Waals surface area (Å²) < 4.78 is 0.